The topological polar surface area (TPSA) is 60.3 Å². The molecule has 0 fully saturated rings. The molecule has 0 aliphatic rings. The van der Waals surface area contributed by atoms with Crippen LogP contribution in [0, 0.1) is 27.7 Å². The average Bonchev–Trinajstić information content (AvgIpc) is 2.37. The van der Waals surface area contributed by atoms with E-state index in [0.29, 0.717) is 10.6 Å². The molecule has 1 heterocycles. The van der Waals surface area contributed by atoms with E-state index in [2.05, 4.69) is 9.71 Å². The molecule has 0 atom stereocenters. The second kappa shape index (κ2) is 5.25. The first kappa shape index (κ1) is 14.5. The maximum atomic E-state index is 12.6. The van der Waals surface area contributed by atoms with Crippen LogP contribution in [0.5, 0.6) is 0 Å². The third-order valence-electron chi connectivity index (χ3n) is 3.53. The Labute approximate surface area is 119 Å². The van der Waals surface area contributed by atoms with Crippen molar-refractivity contribution in [3.05, 3.63) is 52.8 Å². The normalized spacial score (nSPS) is 11.4. The van der Waals surface area contributed by atoms with Crippen LogP contribution >= 0.6 is 0 Å². The first-order valence-corrected chi connectivity index (χ1v) is 7.87. The molecule has 0 saturated carbocycles. The number of aryl methyl sites for hydroxylation is 2. The number of anilines is 1. The van der Waals surface area contributed by atoms with Crippen LogP contribution in [0.2, 0.25) is 0 Å². The number of rotatable bonds is 3. The maximum absolute atomic E-state index is 12.6. The number of H-pyrrole nitrogens is 1. The van der Waals surface area contributed by atoms with E-state index >= 15 is 0 Å². The zero-order valence-corrected chi connectivity index (χ0v) is 12.9. The summed E-state index contributed by atoms with van der Waals surface area (Å²) in [6.07, 6.45) is 3.34. The van der Waals surface area contributed by atoms with Gasteiger partial charge >= 0.3 is 0 Å². The van der Waals surface area contributed by atoms with Crippen molar-refractivity contribution in [3.63, 3.8) is 0 Å². The minimum atomic E-state index is -3.59. The minimum absolute atomic E-state index is 0.374. The summed E-state index contributed by atoms with van der Waals surface area (Å²) in [7, 11) is -3.59. The van der Waals surface area contributed by atoms with E-state index in [1.54, 1.807) is 24.5 Å². The van der Waals surface area contributed by atoms with Gasteiger partial charge in [0.1, 0.15) is 5.69 Å². The molecule has 0 saturated heterocycles. The van der Waals surface area contributed by atoms with Gasteiger partial charge in [0, 0.05) is 6.07 Å². The van der Waals surface area contributed by atoms with Gasteiger partial charge in [0.2, 0.25) is 0 Å². The molecule has 0 aliphatic heterocycles. The largest absolute Gasteiger partial charge is 0.274 e. The van der Waals surface area contributed by atoms with Crippen LogP contribution in [0.4, 0.5) is 5.69 Å². The van der Waals surface area contributed by atoms with Gasteiger partial charge in [-0.05, 0) is 56.0 Å². The predicted molar refractivity (Wildman–Crippen MR) is 79.2 cm³/mol. The molecule has 106 valence electrons. The summed E-state index contributed by atoms with van der Waals surface area (Å²) in [6.45, 7) is 7.54. The molecule has 0 amide bonds. The molecule has 0 aliphatic carbocycles. The Morgan fingerprint density at radius 3 is 2.15 bits per heavy atom. The Morgan fingerprint density at radius 2 is 1.65 bits per heavy atom. The highest BCUT2D eigenvalue weighted by molar-refractivity contribution is 7.92. The standard InChI is InChI=1S/C15H18N2O2S/c1-10-8-11(2)13(4)15(12(10)3)20(18,19)17-14-6-5-7-16-9-14/h5-9,17H,1-4H3/p+1. The Morgan fingerprint density at radius 1 is 1.05 bits per heavy atom. The number of sulfonamides is 1. The van der Waals surface area contributed by atoms with Crippen molar-refractivity contribution < 1.29 is 13.4 Å². The third-order valence-corrected chi connectivity index (χ3v) is 5.18. The van der Waals surface area contributed by atoms with Crippen molar-refractivity contribution in [2.75, 3.05) is 4.72 Å². The molecule has 2 N–H and O–H groups in total. The molecule has 0 unspecified atom stereocenters. The van der Waals surface area contributed by atoms with Crippen LogP contribution in [0.15, 0.2) is 35.5 Å². The number of benzene rings is 1. The van der Waals surface area contributed by atoms with Crippen LogP contribution in [0.1, 0.15) is 22.3 Å². The highest BCUT2D eigenvalue weighted by atomic mass is 32.2. The highest BCUT2D eigenvalue weighted by Crippen LogP contribution is 2.27. The summed E-state index contributed by atoms with van der Waals surface area (Å²) >= 11 is 0. The lowest BCUT2D eigenvalue weighted by Crippen LogP contribution is -2.18. The maximum Gasteiger partial charge on any atom is 0.262 e. The molecule has 20 heavy (non-hydrogen) atoms. The van der Waals surface area contributed by atoms with E-state index < -0.39 is 10.0 Å². The second-order valence-corrected chi connectivity index (χ2v) is 6.61. The molecule has 0 spiro atoms. The van der Waals surface area contributed by atoms with Crippen molar-refractivity contribution in [1.29, 1.82) is 0 Å². The molecule has 0 radical (unpaired) electrons. The monoisotopic (exact) mass is 291 g/mol. The van der Waals surface area contributed by atoms with Gasteiger partial charge in [-0.2, -0.15) is 0 Å². The lowest BCUT2D eigenvalue weighted by molar-refractivity contribution is -0.376. The fraction of sp³-hybridized carbons (Fsp3) is 0.267. The summed E-state index contributed by atoms with van der Waals surface area (Å²) in [4.78, 5) is 3.23. The van der Waals surface area contributed by atoms with Crippen molar-refractivity contribution in [3.8, 4) is 0 Å². The number of aromatic nitrogens is 1. The summed E-state index contributed by atoms with van der Waals surface area (Å²) in [5.41, 5.74) is 4.06. The average molecular weight is 291 g/mol. The van der Waals surface area contributed by atoms with Crippen molar-refractivity contribution in [2.45, 2.75) is 32.6 Å². The van der Waals surface area contributed by atoms with Gasteiger partial charge in [-0.15, -0.1) is 0 Å². The number of aromatic amines is 1. The van der Waals surface area contributed by atoms with Crippen LogP contribution in [0.25, 0.3) is 0 Å². The fourth-order valence-corrected chi connectivity index (χ4v) is 3.91. The van der Waals surface area contributed by atoms with Gasteiger partial charge in [0.25, 0.3) is 10.0 Å². The van der Waals surface area contributed by atoms with E-state index in [1.807, 2.05) is 33.8 Å². The van der Waals surface area contributed by atoms with Gasteiger partial charge in [-0.25, -0.2) is 13.4 Å². The SMILES string of the molecule is Cc1cc(C)c(C)c(S(=O)(=O)Nc2ccc[nH+]c2)c1C. The third kappa shape index (κ3) is 2.67. The Hall–Kier alpha value is -1.88. The lowest BCUT2D eigenvalue weighted by Gasteiger charge is -2.16. The molecule has 2 aromatic rings. The smallest absolute Gasteiger partial charge is 0.262 e. The van der Waals surface area contributed by atoms with Crippen LogP contribution < -0.4 is 9.71 Å². The first-order valence-electron chi connectivity index (χ1n) is 6.39. The van der Waals surface area contributed by atoms with E-state index in [1.165, 1.54) is 0 Å². The number of hydrogen-bond donors (Lipinski definition) is 1. The number of pyridine rings is 1. The molecular weight excluding hydrogens is 272 g/mol. The Balaban J connectivity index is 2.56. The summed E-state index contributed by atoms with van der Waals surface area (Å²) in [6, 6.07) is 5.47. The van der Waals surface area contributed by atoms with Gasteiger partial charge in [0.15, 0.2) is 12.4 Å². The van der Waals surface area contributed by atoms with E-state index in [-0.39, 0.29) is 0 Å². The molecule has 1 aromatic carbocycles. The molecule has 2 rings (SSSR count). The fourth-order valence-electron chi connectivity index (χ4n) is 2.25. The first-order chi connectivity index (χ1) is 9.33. The van der Waals surface area contributed by atoms with Crippen LogP contribution in [-0.2, 0) is 10.0 Å². The summed E-state index contributed by atoms with van der Waals surface area (Å²) < 4.78 is 27.9. The summed E-state index contributed by atoms with van der Waals surface area (Å²) in [5.74, 6) is 0. The second-order valence-electron chi connectivity index (χ2n) is 4.99. The molecule has 0 bridgehead atoms. The Kier molecular flexibility index (Phi) is 3.81. The molecule has 5 heteroatoms. The number of nitrogens with one attached hydrogen (secondary N) is 2. The van der Waals surface area contributed by atoms with Gasteiger partial charge in [-0.1, -0.05) is 6.07 Å². The van der Waals surface area contributed by atoms with Crippen LogP contribution in [-0.4, -0.2) is 8.42 Å². The van der Waals surface area contributed by atoms with Crippen molar-refractivity contribution in [2.24, 2.45) is 0 Å². The molecule has 1 aromatic heterocycles. The quantitative estimate of drug-likeness (QED) is 0.944. The minimum Gasteiger partial charge on any atom is -0.274 e. The van der Waals surface area contributed by atoms with E-state index in [0.717, 1.165) is 22.3 Å². The summed E-state index contributed by atoms with van der Waals surface area (Å²) in [5, 5.41) is 0. The number of hydrogen-bond acceptors (Lipinski definition) is 2. The van der Waals surface area contributed by atoms with Crippen molar-refractivity contribution in [1.82, 2.24) is 0 Å². The predicted octanol–water partition coefficient (Wildman–Crippen LogP) is 2.54. The van der Waals surface area contributed by atoms with E-state index in [4.69, 9.17) is 0 Å². The van der Waals surface area contributed by atoms with Gasteiger partial charge in [0.05, 0.1) is 4.90 Å². The zero-order valence-electron chi connectivity index (χ0n) is 12.1. The van der Waals surface area contributed by atoms with Gasteiger partial charge in [-0.3, -0.25) is 4.72 Å². The molecule has 4 nitrogen and oxygen atoms in total. The van der Waals surface area contributed by atoms with Gasteiger partial charge < -0.3 is 0 Å². The van der Waals surface area contributed by atoms with E-state index in [9.17, 15) is 8.42 Å². The van der Waals surface area contributed by atoms with Crippen molar-refractivity contribution >= 4 is 15.7 Å². The lowest BCUT2D eigenvalue weighted by atomic mass is 10.0. The Bertz CT molecular complexity index is 712. The highest BCUT2D eigenvalue weighted by Gasteiger charge is 2.22. The zero-order chi connectivity index (χ0) is 14.9. The van der Waals surface area contributed by atoms with Crippen LogP contribution in [0.3, 0.4) is 0 Å². The molecular formula is C15H19N2O2S+.